The first kappa shape index (κ1) is 13.9. The van der Waals surface area contributed by atoms with Crippen LogP contribution < -0.4 is 0 Å². The molecule has 0 N–H and O–H groups in total. The first-order valence-electron chi connectivity index (χ1n) is 4.08. The predicted molar refractivity (Wildman–Crippen MR) is 58.7 cm³/mol. The lowest BCUT2D eigenvalue weighted by atomic mass is 10.4. The van der Waals surface area contributed by atoms with Gasteiger partial charge in [-0.1, -0.05) is 25.4 Å². The molecule has 0 radical (unpaired) electrons. The third-order valence-electron chi connectivity index (χ3n) is 1.25. The summed E-state index contributed by atoms with van der Waals surface area (Å²) in [7, 11) is 1.20. The second-order valence-electron chi connectivity index (χ2n) is 2.02. The molecule has 0 aromatic carbocycles. The zero-order chi connectivity index (χ0) is 12.0. The molecule has 0 atom stereocenters. The molecule has 0 aliphatic rings. The smallest absolute Gasteiger partial charge is 0.348 e. The number of methoxy groups -OCH3 is 1. The maximum absolute atomic E-state index is 10.9. The van der Waals surface area contributed by atoms with Crippen LogP contribution in [0.3, 0.4) is 0 Å². The monoisotopic (exact) mass is 251 g/mol. The summed E-state index contributed by atoms with van der Waals surface area (Å²) >= 11 is 6.33. The quantitative estimate of drug-likeness (QED) is 0.460. The number of hydrogen-bond donors (Lipinski definition) is 0. The lowest BCUT2D eigenvalue weighted by Crippen LogP contribution is -1.97. The summed E-state index contributed by atoms with van der Waals surface area (Å²) in [6.07, 6.45) is 0. The Morgan fingerprint density at radius 3 is 2.47 bits per heavy atom. The Labute approximate surface area is 95.8 Å². The molecule has 0 amide bonds. The minimum atomic E-state index is -0.648. The summed E-state index contributed by atoms with van der Waals surface area (Å²) in [5.41, 5.74) is -0.271. The van der Waals surface area contributed by atoms with Crippen molar-refractivity contribution in [2.45, 2.75) is 13.8 Å². The van der Waals surface area contributed by atoms with Crippen LogP contribution in [0.5, 0.6) is 0 Å². The maximum atomic E-state index is 10.9. The van der Waals surface area contributed by atoms with Gasteiger partial charge in [-0.2, -0.15) is 0 Å². The van der Waals surface area contributed by atoms with Gasteiger partial charge in [0.05, 0.1) is 12.0 Å². The molecule has 0 spiro atoms. The number of rotatable bonds is 2. The van der Waals surface area contributed by atoms with Gasteiger partial charge in [-0.15, -0.1) is 11.3 Å². The molecule has 0 saturated carbocycles. The Kier molecular flexibility index (Phi) is 5.88. The molecule has 0 unspecified atom stereocenters. The number of carbonyl (C=O) groups excluding carboxylic acids is 1. The van der Waals surface area contributed by atoms with E-state index in [4.69, 9.17) is 11.6 Å². The van der Waals surface area contributed by atoms with Crippen molar-refractivity contribution in [3.05, 3.63) is 25.4 Å². The van der Waals surface area contributed by atoms with Crippen molar-refractivity contribution in [1.82, 2.24) is 0 Å². The minimum absolute atomic E-state index is 0.0228. The molecule has 0 aliphatic heterocycles. The number of halogens is 1. The number of thiophene rings is 1. The van der Waals surface area contributed by atoms with Gasteiger partial charge < -0.3 is 4.74 Å². The molecule has 15 heavy (non-hydrogen) atoms. The van der Waals surface area contributed by atoms with Crippen LogP contribution in [0, 0.1) is 10.1 Å². The fraction of sp³-hybridized carbons (Fsp3) is 0.375. The summed E-state index contributed by atoms with van der Waals surface area (Å²) in [5, 5.41) is 10.3. The highest BCUT2D eigenvalue weighted by molar-refractivity contribution is 7.18. The molecule has 1 aromatic rings. The molecular weight excluding hydrogens is 242 g/mol. The molecule has 84 valence electrons. The van der Waals surface area contributed by atoms with Crippen molar-refractivity contribution in [1.29, 1.82) is 0 Å². The largest absolute Gasteiger partial charge is 0.465 e. The van der Waals surface area contributed by atoms with Crippen LogP contribution in [-0.4, -0.2) is 18.0 Å². The van der Waals surface area contributed by atoms with E-state index in [1.807, 2.05) is 13.8 Å². The first-order chi connectivity index (χ1) is 7.06. The lowest BCUT2D eigenvalue weighted by molar-refractivity contribution is -0.384. The van der Waals surface area contributed by atoms with Gasteiger partial charge in [-0.3, -0.25) is 10.1 Å². The molecule has 5 nitrogen and oxygen atoms in total. The van der Waals surface area contributed by atoms with Crippen LogP contribution in [0.4, 0.5) is 5.69 Å². The molecule has 7 heteroatoms. The number of nitrogens with zero attached hydrogens (tertiary/aromatic N) is 1. The van der Waals surface area contributed by atoms with E-state index in [2.05, 4.69) is 4.74 Å². The van der Waals surface area contributed by atoms with Crippen LogP contribution in [0.15, 0.2) is 6.07 Å². The number of carbonyl (C=O) groups is 1. The molecular formula is C8H10ClNO4S. The molecule has 1 aromatic heterocycles. The van der Waals surface area contributed by atoms with Crippen molar-refractivity contribution >= 4 is 34.6 Å². The molecule has 0 fully saturated rings. The van der Waals surface area contributed by atoms with Crippen molar-refractivity contribution < 1.29 is 14.5 Å². The van der Waals surface area contributed by atoms with E-state index in [1.54, 1.807) is 0 Å². The van der Waals surface area contributed by atoms with Crippen molar-refractivity contribution in [2.75, 3.05) is 7.11 Å². The fourth-order valence-corrected chi connectivity index (χ4v) is 1.83. The lowest BCUT2D eigenvalue weighted by Gasteiger charge is -1.90. The molecule has 0 bridgehead atoms. The van der Waals surface area contributed by atoms with Gasteiger partial charge in [0.2, 0.25) is 0 Å². The van der Waals surface area contributed by atoms with E-state index in [-0.39, 0.29) is 14.9 Å². The van der Waals surface area contributed by atoms with E-state index in [9.17, 15) is 14.9 Å². The molecule has 0 aliphatic carbocycles. The molecule has 1 heterocycles. The van der Waals surface area contributed by atoms with E-state index >= 15 is 0 Å². The Hall–Kier alpha value is -1.14. The van der Waals surface area contributed by atoms with E-state index in [0.717, 1.165) is 17.4 Å². The Morgan fingerprint density at radius 2 is 2.13 bits per heavy atom. The zero-order valence-electron chi connectivity index (χ0n) is 8.44. The SMILES string of the molecule is CC.COC(=O)c1cc([N+](=O)[O-])c(Cl)s1. The second kappa shape index (κ2) is 6.36. The first-order valence-corrected chi connectivity index (χ1v) is 5.27. The van der Waals surface area contributed by atoms with Crippen LogP contribution >= 0.6 is 22.9 Å². The predicted octanol–water partition coefficient (Wildman–Crippen LogP) is 3.12. The van der Waals surface area contributed by atoms with Crippen molar-refractivity contribution in [3.8, 4) is 0 Å². The second-order valence-corrected chi connectivity index (χ2v) is 3.67. The maximum Gasteiger partial charge on any atom is 0.348 e. The van der Waals surface area contributed by atoms with Crippen LogP contribution in [-0.2, 0) is 4.74 Å². The summed E-state index contributed by atoms with van der Waals surface area (Å²) in [4.78, 5) is 20.7. The van der Waals surface area contributed by atoms with Crippen LogP contribution in [0.25, 0.3) is 0 Å². The third kappa shape index (κ3) is 3.49. The number of esters is 1. The Balaban J connectivity index is 0.000000921. The van der Waals surface area contributed by atoms with Gasteiger partial charge in [0.1, 0.15) is 4.88 Å². The van der Waals surface area contributed by atoms with E-state index < -0.39 is 10.9 Å². The highest BCUT2D eigenvalue weighted by atomic mass is 35.5. The summed E-state index contributed by atoms with van der Waals surface area (Å²) in [6.45, 7) is 4.00. The van der Waals surface area contributed by atoms with Crippen molar-refractivity contribution in [2.24, 2.45) is 0 Å². The summed E-state index contributed by atoms with van der Waals surface area (Å²) in [5.74, 6) is -0.625. The molecule has 1 rings (SSSR count). The topological polar surface area (TPSA) is 69.4 Å². The van der Waals surface area contributed by atoms with Gasteiger partial charge in [-0.25, -0.2) is 4.79 Å². The molecule has 0 saturated heterocycles. The average molecular weight is 252 g/mol. The van der Waals surface area contributed by atoms with Gasteiger partial charge in [0.15, 0.2) is 4.34 Å². The fourth-order valence-electron chi connectivity index (χ4n) is 0.685. The zero-order valence-corrected chi connectivity index (χ0v) is 10.0. The standard InChI is InChI=1S/C6H4ClNO4S.C2H6/c1-12-6(9)4-2-3(8(10)11)5(7)13-4;1-2/h2H,1H3;1-2H3. The van der Waals surface area contributed by atoms with Crippen LogP contribution in [0.2, 0.25) is 4.34 Å². The highest BCUT2D eigenvalue weighted by Gasteiger charge is 2.21. The number of nitro groups is 1. The Bertz CT molecular complexity index is 364. The summed E-state index contributed by atoms with van der Waals surface area (Å²) in [6, 6.07) is 1.10. The number of ether oxygens (including phenoxy) is 1. The minimum Gasteiger partial charge on any atom is -0.465 e. The van der Waals surface area contributed by atoms with E-state index in [1.165, 1.54) is 7.11 Å². The highest BCUT2D eigenvalue weighted by Crippen LogP contribution is 2.33. The van der Waals surface area contributed by atoms with Crippen molar-refractivity contribution in [3.63, 3.8) is 0 Å². The van der Waals surface area contributed by atoms with Gasteiger partial charge in [-0.05, 0) is 0 Å². The summed E-state index contributed by atoms with van der Waals surface area (Å²) < 4.78 is 4.35. The van der Waals surface area contributed by atoms with Crippen LogP contribution in [0.1, 0.15) is 23.5 Å². The normalized spacial score (nSPS) is 8.80. The van der Waals surface area contributed by atoms with E-state index in [0.29, 0.717) is 0 Å². The average Bonchev–Trinajstić information content (AvgIpc) is 2.62. The Morgan fingerprint density at radius 1 is 1.60 bits per heavy atom. The third-order valence-corrected chi connectivity index (χ3v) is 2.57. The van der Waals surface area contributed by atoms with Gasteiger partial charge in [0, 0.05) is 6.07 Å². The van der Waals surface area contributed by atoms with Gasteiger partial charge >= 0.3 is 5.97 Å². The van der Waals surface area contributed by atoms with Gasteiger partial charge in [0.25, 0.3) is 5.69 Å². The number of hydrogen-bond acceptors (Lipinski definition) is 5.